The monoisotopic (exact) mass is 414 g/mol. The molecule has 0 amide bonds. The van der Waals surface area contributed by atoms with Crippen molar-refractivity contribution < 1.29 is 17.9 Å². The lowest BCUT2D eigenvalue weighted by molar-refractivity contribution is -0.141. The molecule has 0 radical (unpaired) electrons. The average Bonchev–Trinajstić information content (AvgIpc) is 2.66. The average molecular weight is 414 g/mol. The normalized spacial score (nSPS) is 11.4. The maximum Gasteiger partial charge on any atom is 0.326 e. The van der Waals surface area contributed by atoms with Gasteiger partial charge >= 0.3 is 5.97 Å². The number of aryl methyl sites for hydroxylation is 2. The van der Waals surface area contributed by atoms with E-state index in [1.54, 1.807) is 44.2 Å². The molecule has 0 aliphatic rings. The highest BCUT2D eigenvalue weighted by Crippen LogP contribution is 2.27. The highest BCUT2D eigenvalue weighted by Gasteiger charge is 2.28. The van der Waals surface area contributed by atoms with Crippen molar-refractivity contribution in [3.05, 3.63) is 70.0 Å². The molecule has 1 aromatic heterocycles. The largest absolute Gasteiger partial charge is 0.465 e. The number of carbonyl (C=O) groups is 1. The Morgan fingerprint density at radius 3 is 2.41 bits per heavy atom. The first-order valence-corrected chi connectivity index (χ1v) is 10.5. The van der Waals surface area contributed by atoms with E-state index in [-0.39, 0.29) is 17.1 Å². The summed E-state index contributed by atoms with van der Waals surface area (Å²) in [6, 6.07) is 12.7. The number of aromatic nitrogens is 1. The minimum Gasteiger partial charge on any atom is -0.465 e. The Balaban J connectivity index is 2.12. The number of carbonyl (C=O) groups excluding carboxylic acids is 1. The van der Waals surface area contributed by atoms with Crippen LogP contribution in [-0.2, 0) is 19.6 Å². The molecule has 3 rings (SSSR count). The smallest absolute Gasteiger partial charge is 0.326 e. The third kappa shape index (κ3) is 4.32. The van der Waals surface area contributed by atoms with Crippen LogP contribution < -0.4 is 9.86 Å². The zero-order valence-corrected chi connectivity index (χ0v) is 17.2. The summed E-state index contributed by atoms with van der Waals surface area (Å²) in [4.78, 5) is 26.5. The molecule has 3 aromatic rings. The molecule has 2 aromatic carbocycles. The zero-order chi connectivity index (χ0) is 21.2. The fraction of sp³-hybridized carbons (Fsp3) is 0.238. The highest BCUT2D eigenvalue weighted by atomic mass is 32.2. The van der Waals surface area contributed by atoms with Crippen LogP contribution in [0.2, 0.25) is 0 Å². The van der Waals surface area contributed by atoms with Crippen molar-refractivity contribution in [1.29, 1.82) is 0 Å². The number of fused-ring (bicyclic) bond motifs is 1. The molecule has 152 valence electrons. The van der Waals surface area contributed by atoms with Crippen LogP contribution in [0.15, 0.2) is 58.2 Å². The molecule has 8 heteroatoms. The molecular formula is C21H22N2O5S. The molecule has 0 atom stereocenters. The highest BCUT2D eigenvalue weighted by molar-refractivity contribution is 7.92. The molecule has 0 unspecified atom stereocenters. The van der Waals surface area contributed by atoms with Gasteiger partial charge in [0.15, 0.2) is 0 Å². The number of aromatic amines is 1. The summed E-state index contributed by atoms with van der Waals surface area (Å²) in [5.41, 5.74) is 2.28. The van der Waals surface area contributed by atoms with Crippen molar-refractivity contribution in [2.75, 3.05) is 17.5 Å². The first-order chi connectivity index (χ1) is 13.7. The predicted octanol–water partition coefficient (Wildman–Crippen LogP) is 2.90. The maximum atomic E-state index is 13.4. The molecule has 1 N–H and O–H groups in total. The topological polar surface area (TPSA) is 96.5 Å². The van der Waals surface area contributed by atoms with E-state index in [0.717, 1.165) is 9.87 Å². The van der Waals surface area contributed by atoms with Crippen LogP contribution in [0.5, 0.6) is 0 Å². The van der Waals surface area contributed by atoms with Gasteiger partial charge in [0, 0.05) is 17.0 Å². The molecular weight excluding hydrogens is 392 g/mol. The van der Waals surface area contributed by atoms with E-state index in [4.69, 9.17) is 4.74 Å². The number of H-pyrrole nitrogens is 1. The lowest BCUT2D eigenvalue weighted by atomic mass is 10.1. The van der Waals surface area contributed by atoms with Crippen LogP contribution in [-0.4, -0.2) is 32.5 Å². The Kier molecular flexibility index (Phi) is 5.74. The summed E-state index contributed by atoms with van der Waals surface area (Å²) in [7, 11) is -4.06. The standard InChI is InChI=1S/C21H22N2O5S/c1-4-28-21(25)13-23(16-7-5-14(2)6-8-16)29(26,27)17-9-10-19-18(12-17)15(3)11-20(24)22-19/h5-12H,4,13H2,1-3H3,(H,22,24). The van der Waals surface area contributed by atoms with E-state index < -0.39 is 22.5 Å². The van der Waals surface area contributed by atoms with E-state index in [1.807, 2.05) is 6.92 Å². The molecule has 0 aliphatic carbocycles. The van der Waals surface area contributed by atoms with E-state index >= 15 is 0 Å². The second-order valence-electron chi connectivity index (χ2n) is 6.68. The van der Waals surface area contributed by atoms with Crippen molar-refractivity contribution in [2.24, 2.45) is 0 Å². The number of nitrogens with zero attached hydrogens (tertiary/aromatic N) is 1. The van der Waals surface area contributed by atoms with Gasteiger partial charge in [-0.2, -0.15) is 0 Å². The van der Waals surface area contributed by atoms with E-state index in [2.05, 4.69) is 4.98 Å². The lowest BCUT2D eigenvalue weighted by Gasteiger charge is -2.24. The SMILES string of the molecule is CCOC(=O)CN(c1ccc(C)cc1)S(=O)(=O)c1ccc2[nH]c(=O)cc(C)c2c1. The zero-order valence-electron chi connectivity index (χ0n) is 16.4. The molecule has 0 saturated heterocycles. The molecule has 0 bridgehead atoms. The third-order valence-electron chi connectivity index (χ3n) is 4.51. The fourth-order valence-corrected chi connectivity index (χ4v) is 4.48. The number of ether oxygens (including phenoxy) is 1. The number of rotatable bonds is 6. The van der Waals surface area contributed by atoms with Gasteiger partial charge in [0.1, 0.15) is 6.54 Å². The van der Waals surface area contributed by atoms with Crippen LogP contribution >= 0.6 is 0 Å². The Hall–Kier alpha value is -3.13. The van der Waals surface area contributed by atoms with Crippen LogP contribution in [0.1, 0.15) is 18.1 Å². The molecule has 0 saturated carbocycles. The summed E-state index contributed by atoms with van der Waals surface area (Å²) in [6.07, 6.45) is 0. The van der Waals surface area contributed by atoms with Gasteiger partial charge in [0.05, 0.1) is 17.2 Å². The molecule has 29 heavy (non-hydrogen) atoms. The van der Waals surface area contributed by atoms with Crippen molar-refractivity contribution in [3.8, 4) is 0 Å². The van der Waals surface area contributed by atoms with Gasteiger partial charge < -0.3 is 9.72 Å². The summed E-state index contributed by atoms with van der Waals surface area (Å²) >= 11 is 0. The second-order valence-corrected chi connectivity index (χ2v) is 8.54. The molecule has 0 aliphatic heterocycles. The predicted molar refractivity (Wildman–Crippen MR) is 112 cm³/mol. The van der Waals surface area contributed by atoms with Crippen molar-refractivity contribution >= 4 is 32.6 Å². The number of nitrogens with one attached hydrogen (secondary N) is 1. The quantitative estimate of drug-likeness (QED) is 0.626. The van der Waals surface area contributed by atoms with Gasteiger partial charge in [-0.1, -0.05) is 17.7 Å². The minimum absolute atomic E-state index is 0.0185. The number of benzene rings is 2. The molecule has 0 fully saturated rings. The van der Waals surface area contributed by atoms with E-state index in [0.29, 0.717) is 22.2 Å². The van der Waals surface area contributed by atoms with Gasteiger partial charge in [-0.3, -0.25) is 13.9 Å². The number of sulfonamides is 1. The van der Waals surface area contributed by atoms with Crippen molar-refractivity contribution in [2.45, 2.75) is 25.7 Å². The van der Waals surface area contributed by atoms with Gasteiger partial charge in [-0.25, -0.2) is 8.42 Å². The number of anilines is 1. The van der Waals surface area contributed by atoms with E-state index in [1.165, 1.54) is 18.2 Å². The van der Waals surface area contributed by atoms with Gasteiger partial charge in [-0.15, -0.1) is 0 Å². The Morgan fingerprint density at radius 1 is 1.07 bits per heavy atom. The Morgan fingerprint density at radius 2 is 1.76 bits per heavy atom. The van der Waals surface area contributed by atoms with Crippen molar-refractivity contribution in [3.63, 3.8) is 0 Å². The first kappa shape index (κ1) is 20.6. The second kappa shape index (κ2) is 8.08. The van der Waals surface area contributed by atoms with Crippen LogP contribution in [0.4, 0.5) is 5.69 Å². The Labute approximate surface area is 169 Å². The summed E-state index contributed by atoms with van der Waals surface area (Å²) in [5, 5.41) is 0.616. The molecule has 7 nitrogen and oxygen atoms in total. The summed E-state index contributed by atoms with van der Waals surface area (Å²) in [5.74, 6) is -0.641. The minimum atomic E-state index is -4.06. The number of hydrogen-bond donors (Lipinski definition) is 1. The first-order valence-electron chi connectivity index (χ1n) is 9.11. The summed E-state index contributed by atoms with van der Waals surface area (Å²) in [6.45, 7) is 5.01. The van der Waals surface area contributed by atoms with E-state index in [9.17, 15) is 18.0 Å². The number of hydrogen-bond acceptors (Lipinski definition) is 5. The number of pyridine rings is 1. The maximum absolute atomic E-state index is 13.4. The molecule has 0 spiro atoms. The van der Waals surface area contributed by atoms with Gasteiger partial charge in [-0.05, 0) is 56.7 Å². The van der Waals surface area contributed by atoms with Gasteiger partial charge in [0.2, 0.25) is 5.56 Å². The molecule has 1 heterocycles. The summed E-state index contributed by atoms with van der Waals surface area (Å²) < 4.78 is 32.9. The Bertz CT molecular complexity index is 1210. The number of esters is 1. The van der Waals surface area contributed by atoms with Crippen molar-refractivity contribution in [1.82, 2.24) is 4.98 Å². The van der Waals surface area contributed by atoms with Crippen LogP contribution in [0, 0.1) is 13.8 Å². The lowest BCUT2D eigenvalue weighted by Crippen LogP contribution is -2.36. The van der Waals surface area contributed by atoms with Crippen LogP contribution in [0.25, 0.3) is 10.9 Å². The van der Waals surface area contributed by atoms with Crippen LogP contribution in [0.3, 0.4) is 0 Å². The third-order valence-corrected chi connectivity index (χ3v) is 6.28. The fourth-order valence-electron chi connectivity index (χ4n) is 3.04. The van der Waals surface area contributed by atoms with Gasteiger partial charge in [0.25, 0.3) is 10.0 Å².